The van der Waals surface area contributed by atoms with Gasteiger partial charge in [0.15, 0.2) is 0 Å². The minimum absolute atomic E-state index is 0.206. The largest absolute Gasteiger partial charge is 0.346 e. The molecule has 1 aliphatic rings. The number of nitrogens with zero attached hydrogens (tertiary/aromatic N) is 4. The Morgan fingerprint density at radius 3 is 2.81 bits per heavy atom. The van der Waals surface area contributed by atoms with E-state index < -0.39 is 10.2 Å². The van der Waals surface area contributed by atoms with Gasteiger partial charge in [0.1, 0.15) is 0 Å². The molecule has 1 saturated heterocycles. The number of benzene rings is 1. The third kappa shape index (κ3) is 4.41. The Hall–Kier alpha value is -1.72. The van der Waals surface area contributed by atoms with Gasteiger partial charge < -0.3 is 4.90 Å². The van der Waals surface area contributed by atoms with Crippen LogP contribution in [0.25, 0.3) is 16.2 Å². The molecule has 0 bridgehead atoms. The van der Waals surface area contributed by atoms with Crippen molar-refractivity contribution in [3.8, 4) is 11.3 Å². The lowest BCUT2D eigenvalue weighted by molar-refractivity contribution is 0.410. The maximum absolute atomic E-state index is 11.1. The molecule has 2 aromatic heterocycles. The molecule has 1 unspecified atom stereocenters. The molecule has 11 heteroatoms. The van der Waals surface area contributed by atoms with Gasteiger partial charge in [0.05, 0.1) is 11.9 Å². The van der Waals surface area contributed by atoms with E-state index in [1.165, 1.54) is 11.3 Å². The van der Waals surface area contributed by atoms with Gasteiger partial charge in [-0.25, -0.2) is 19.4 Å². The third-order valence-corrected chi connectivity index (χ3v) is 6.34. The van der Waals surface area contributed by atoms with Crippen LogP contribution < -0.4 is 14.8 Å². The normalized spacial score (nSPS) is 18.3. The first-order chi connectivity index (χ1) is 12.9. The Labute approximate surface area is 166 Å². The van der Waals surface area contributed by atoms with E-state index in [-0.39, 0.29) is 5.92 Å². The van der Waals surface area contributed by atoms with Crippen molar-refractivity contribution in [1.29, 1.82) is 0 Å². The summed E-state index contributed by atoms with van der Waals surface area (Å²) >= 11 is 7.46. The molecule has 0 amide bonds. The van der Waals surface area contributed by atoms with Gasteiger partial charge in [-0.2, -0.15) is 8.42 Å². The van der Waals surface area contributed by atoms with Gasteiger partial charge in [-0.15, -0.1) is 5.10 Å². The second-order valence-electron chi connectivity index (χ2n) is 6.59. The fraction of sp³-hybridized carbons (Fsp3) is 0.375. The fourth-order valence-corrected chi connectivity index (χ4v) is 4.73. The van der Waals surface area contributed by atoms with Crippen LogP contribution in [-0.4, -0.2) is 42.7 Å². The van der Waals surface area contributed by atoms with E-state index in [4.69, 9.17) is 16.7 Å². The molecule has 1 fully saturated rings. The van der Waals surface area contributed by atoms with Gasteiger partial charge >= 0.3 is 0 Å². The Balaban J connectivity index is 1.49. The monoisotopic (exact) mass is 426 g/mol. The van der Waals surface area contributed by atoms with E-state index in [0.29, 0.717) is 11.6 Å². The summed E-state index contributed by atoms with van der Waals surface area (Å²) in [6, 6.07) is 7.55. The molecule has 144 valence electrons. The lowest BCUT2D eigenvalue weighted by Crippen LogP contribution is -2.42. The number of nitrogens with one attached hydrogen (secondary N) is 1. The minimum atomic E-state index is -3.65. The Morgan fingerprint density at radius 2 is 2.11 bits per heavy atom. The third-order valence-electron chi connectivity index (χ3n) is 4.54. The molecule has 0 saturated carbocycles. The summed E-state index contributed by atoms with van der Waals surface area (Å²) in [5, 5.41) is 11.3. The van der Waals surface area contributed by atoms with Crippen LogP contribution >= 0.6 is 22.9 Å². The fourth-order valence-electron chi connectivity index (χ4n) is 3.22. The predicted octanol–water partition coefficient (Wildman–Crippen LogP) is 2.12. The number of rotatable bonds is 5. The van der Waals surface area contributed by atoms with Crippen molar-refractivity contribution in [3.05, 3.63) is 35.5 Å². The van der Waals surface area contributed by atoms with Gasteiger partial charge in [-0.1, -0.05) is 35.1 Å². The first-order valence-electron chi connectivity index (χ1n) is 8.52. The molecule has 0 aliphatic carbocycles. The predicted molar refractivity (Wildman–Crippen MR) is 107 cm³/mol. The minimum Gasteiger partial charge on any atom is -0.346 e. The van der Waals surface area contributed by atoms with Crippen molar-refractivity contribution in [1.82, 2.24) is 19.3 Å². The van der Waals surface area contributed by atoms with E-state index in [1.54, 1.807) is 4.52 Å². The lowest BCUT2D eigenvalue weighted by atomic mass is 9.99. The van der Waals surface area contributed by atoms with Crippen molar-refractivity contribution < 1.29 is 8.42 Å². The molecule has 0 spiro atoms. The molecule has 3 aromatic rings. The quantitative estimate of drug-likeness (QED) is 0.650. The molecule has 1 aromatic carbocycles. The van der Waals surface area contributed by atoms with Crippen LogP contribution in [0.5, 0.6) is 0 Å². The zero-order chi connectivity index (χ0) is 19.0. The molecular weight excluding hydrogens is 408 g/mol. The smallest absolute Gasteiger partial charge is 0.274 e. The number of imidazole rings is 1. The van der Waals surface area contributed by atoms with E-state index in [0.717, 1.165) is 47.3 Å². The van der Waals surface area contributed by atoms with Crippen molar-refractivity contribution >= 4 is 43.2 Å². The molecule has 8 nitrogen and oxygen atoms in total. The Bertz CT molecular complexity index is 1020. The Kier molecular flexibility index (Phi) is 5.08. The number of piperidine rings is 1. The number of hydrogen-bond donors (Lipinski definition) is 2. The summed E-state index contributed by atoms with van der Waals surface area (Å²) < 4.78 is 26.4. The molecule has 1 aliphatic heterocycles. The molecule has 4 rings (SSSR count). The van der Waals surface area contributed by atoms with Crippen LogP contribution in [0.3, 0.4) is 0 Å². The molecule has 0 radical (unpaired) electrons. The maximum Gasteiger partial charge on any atom is 0.274 e. The van der Waals surface area contributed by atoms with Crippen molar-refractivity contribution in [2.24, 2.45) is 11.1 Å². The van der Waals surface area contributed by atoms with Crippen LogP contribution in [0.2, 0.25) is 5.02 Å². The van der Waals surface area contributed by atoms with Gasteiger partial charge in [-0.05, 0) is 30.9 Å². The number of aromatic nitrogens is 3. The first-order valence-corrected chi connectivity index (χ1v) is 11.3. The molecule has 27 heavy (non-hydrogen) atoms. The summed E-state index contributed by atoms with van der Waals surface area (Å²) in [5.74, 6) is 0.206. The molecular formula is C16H19ClN6O2S2. The van der Waals surface area contributed by atoms with Gasteiger partial charge in [0.25, 0.3) is 10.2 Å². The van der Waals surface area contributed by atoms with Gasteiger partial charge in [0.2, 0.25) is 10.1 Å². The standard InChI is InChI=1S/C16H19ClN6O2S2/c17-13-5-3-12(4-6-13)14-10-23-15(20-14)26-16(21-23)22-7-1-2-11(9-22)8-19-27(18,24)25/h3-6,10-11,19H,1-2,7-9H2,(H2,18,24,25). The average molecular weight is 427 g/mol. The molecule has 3 N–H and O–H groups in total. The molecule has 3 heterocycles. The van der Waals surface area contributed by atoms with Gasteiger partial charge in [-0.3, -0.25) is 0 Å². The number of anilines is 1. The zero-order valence-electron chi connectivity index (χ0n) is 14.4. The second-order valence-corrected chi connectivity index (χ2v) is 9.34. The van der Waals surface area contributed by atoms with E-state index in [2.05, 4.69) is 19.7 Å². The number of hydrogen-bond acceptors (Lipinski definition) is 6. The highest BCUT2D eigenvalue weighted by Crippen LogP contribution is 2.29. The number of nitrogens with two attached hydrogens (primary N) is 1. The lowest BCUT2D eigenvalue weighted by Gasteiger charge is -2.32. The van der Waals surface area contributed by atoms with Crippen molar-refractivity contribution in [2.75, 3.05) is 24.5 Å². The Morgan fingerprint density at radius 1 is 1.33 bits per heavy atom. The summed E-state index contributed by atoms with van der Waals surface area (Å²) in [5.41, 5.74) is 1.84. The summed E-state index contributed by atoms with van der Waals surface area (Å²) in [4.78, 5) is 7.66. The summed E-state index contributed by atoms with van der Waals surface area (Å²) in [6.45, 7) is 1.98. The zero-order valence-corrected chi connectivity index (χ0v) is 16.8. The molecule has 1 atom stereocenters. The van der Waals surface area contributed by atoms with Crippen LogP contribution in [0, 0.1) is 5.92 Å². The van der Waals surface area contributed by atoms with Crippen molar-refractivity contribution in [3.63, 3.8) is 0 Å². The highest BCUT2D eigenvalue weighted by Gasteiger charge is 2.24. The topological polar surface area (TPSA) is 106 Å². The van der Waals surface area contributed by atoms with Crippen LogP contribution in [0.4, 0.5) is 5.13 Å². The van der Waals surface area contributed by atoms with E-state index in [1.807, 2.05) is 30.5 Å². The second kappa shape index (κ2) is 7.36. The maximum atomic E-state index is 11.1. The summed E-state index contributed by atoms with van der Waals surface area (Å²) in [6.07, 6.45) is 3.85. The van der Waals surface area contributed by atoms with Crippen LogP contribution in [0.1, 0.15) is 12.8 Å². The number of halogens is 1. The van der Waals surface area contributed by atoms with Crippen LogP contribution in [0.15, 0.2) is 30.5 Å². The van der Waals surface area contributed by atoms with Crippen molar-refractivity contribution in [2.45, 2.75) is 12.8 Å². The SMILES string of the molecule is NS(=O)(=O)NCC1CCCN(c2nn3cc(-c4ccc(Cl)cc4)nc3s2)C1. The highest BCUT2D eigenvalue weighted by molar-refractivity contribution is 7.87. The summed E-state index contributed by atoms with van der Waals surface area (Å²) in [7, 11) is -3.65. The first kappa shape index (κ1) is 18.6. The highest BCUT2D eigenvalue weighted by atomic mass is 35.5. The van der Waals surface area contributed by atoms with Gasteiger partial charge in [0, 0.05) is 30.2 Å². The van der Waals surface area contributed by atoms with Crippen LogP contribution in [-0.2, 0) is 10.2 Å². The average Bonchev–Trinajstić information content (AvgIpc) is 3.19. The van der Waals surface area contributed by atoms with E-state index in [9.17, 15) is 8.42 Å². The number of fused-ring (bicyclic) bond motifs is 1. The van der Waals surface area contributed by atoms with E-state index >= 15 is 0 Å².